The van der Waals surface area contributed by atoms with Gasteiger partial charge in [0.25, 0.3) is 0 Å². The highest BCUT2D eigenvalue weighted by Gasteiger charge is 2.33. The third-order valence-corrected chi connectivity index (χ3v) is 7.00. The number of rotatable bonds is 3. The van der Waals surface area contributed by atoms with E-state index in [2.05, 4.69) is 22.9 Å². The fraction of sp³-hybridized carbons (Fsp3) is 0.269. The first kappa shape index (κ1) is 20.9. The van der Waals surface area contributed by atoms with E-state index >= 15 is 0 Å². The fourth-order valence-electron chi connectivity index (χ4n) is 4.81. The van der Waals surface area contributed by atoms with Crippen molar-refractivity contribution in [2.45, 2.75) is 38.8 Å². The predicted molar refractivity (Wildman–Crippen MR) is 128 cm³/mol. The summed E-state index contributed by atoms with van der Waals surface area (Å²) < 4.78 is 2.82. The van der Waals surface area contributed by atoms with Crippen LogP contribution in [0.2, 0.25) is 0 Å². The number of aromatic nitrogens is 1. The highest BCUT2D eigenvalue weighted by molar-refractivity contribution is 9.10. The summed E-state index contributed by atoms with van der Waals surface area (Å²) in [6, 6.07) is 13.0. The number of ketones is 2. The molecule has 2 aliphatic rings. The van der Waals surface area contributed by atoms with E-state index in [4.69, 9.17) is 0 Å². The number of amides is 1. The SMILES string of the molecule is C[C@@H]1CCCCN1C(=O)Cn1cc(C=C2C(=O)c3ccccc3C2=O)c2cc(Br)ccc21. The second-order valence-corrected chi connectivity index (χ2v) is 9.48. The minimum atomic E-state index is -0.250. The zero-order chi connectivity index (χ0) is 22.4. The number of allylic oxidation sites excluding steroid dienone is 1. The lowest BCUT2D eigenvalue weighted by Gasteiger charge is -2.33. The molecule has 0 unspecified atom stereocenters. The molecule has 1 aliphatic heterocycles. The average molecular weight is 491 g/mol. The third kappa shape index (κ3) is 3.52. The molecule has 0 N–H and O–H groups in total. The van der Waals surface area contributed by atoms with Gasteiger partial charge in [0.2, 0.25) is 5.91 Å². The topological polar surface area (TPSA) is 59.4 Å². The summed E-state index contributed by atoms with van der Waals surface area (Å²) in [4.78, 5) is 40.8. The smallest absolute Gasteiger partial charge is 0.242 e. The van der Waals surface area contributed by atoms with Gasteiger partial charge in [-0.25, -0.2) is 0 Å². The van der Waals surface area contributed by atoms with Gasteiger partial charge in [0.1, 0.15) is 6.54 Å². The first-order valence-electron chi connectivity index (χ1n) is 10.9. The van der Waals surface area contributed by atoms with E-state index in [0.717, 1.165) is 46.7 Å². The minimum Gasteiger partial charge on any atom is -0.338 e. The number of hydrogen-bond acceptors (Lipinski definition) is 3. The number of carbonyl (C=O) groups is 3. The van der Waals surface area contributed by atoms with Gasteiger partial charge in [0.15, 0.2) is 11.6 Å². The average Bonchev–Trinajstić information content (AvgIpc) is 3.24. The molecule has 32 heavy (non-hydrogen) atoms. The Kier molecular flexibility index (Phi) is 5.33. The Morgan fingerprint density at radius 3 is 2.50 bits per heavy atom. The lowest BCUT2D eigenvalue weighted by atomic mass is 10.0. The molecule has 5 nitrogen and oxygen atoms in total. The van der Waals surface area contributed by atoms with Gasteiger partial charge in [0.05, 0.1) is 5.57 Å². The maximum absolute atomic E-state index is 13.1. The summed E-state index contributed by atoms with van der Waals surface area (Å²) in [7, 11) is 0. The van der Waals surface area contributed by atoms with Crippen molar-refractivity contribution in [2.75, 3.05) is 6.54 Å². The van der Waals surface area contributed by atoms with E-state index in [9.17, 15) is 14.4 Å². The summed E-state index contributed by atoms with van der Waals surface area (Å²) in [5, 5.41) is 0.892. The molecule has 0 radical (unpaired) electrons. The van der Waals surface area contributed by atoms with E-state index in [0.29, 0.717) is 11.1 Å². The molecular weight excluding hydrogens is 468 g/mol. The maximum Gasteiger partial charge on any atom is 0.242 e. The molecule has 1 aliphatic carbocycles. The summed E-state index contributed by atoms with van der Waals surface area (Å²) in [5.41, 5.74) is 2.71. The predicted octanol–water partition coefficient (Wildman–Crippen LogP) is 5.27. The highest BCUT2D eigenvalue weighted by Crippen LogP contribution is 2.32. The van der Waals surface area contributed by atoms with Crippen molar-refractivity contribution < 1.29 is 14.4 Å². The Morgan fingerprint density at radius 2 is 1.81 bits per heavy atom. The Hall–Kier alpha value is -2.99. The minimum absolute atomic E-state index is 0.0941. The number of benzene rings is 2. The molecule has 1 aromatic heterocycles. The molecule has 2 aromatic carbocycles. The van der Waals surface area contributed by atoms with Crippen molar-refractivity contribution in [1.82, 2.24) is 9.47 Å². The van der Waals surface area contributed by atoms with E-state index in [1.807, 2.05) is 33.9 Å². The number of fused-ring (bicyclic) bond motifs is 2. The monoisotopic (exact) mass is 490 g/mol. The zero-order valence-corrected chi connectivity index (χ0v) is 19.4. The van der Waals surface area contributed by atoms with Crippen molar-refractivity contribution in [2.24, 2.45) is 0 Å². The number of likely N-dealkylation sites (tertiary alicyclic amines) is 1. The summed E-state index contributed by atoms with van der Waals surface area (Å²) in [5.74, 6) is -0.406. The first-order valence-corrected chi connectivity index (χ1v) is 11.7. The lowest BCUT2D eigenvalue weighted by Crippen LogP contribution is -2.43. The van der Waals surface area contributed by atoms with Gasteiger partial charge >= 0.3 is 0 Å². The Morgan fingerprint density at radius 1 is 1.09 bits per heavy atom. The standard InChI is InChI=1S/C26H23BrN2O3/c1-16-6-4-5-11-29(16)24(30)15-28-14-17(21-13-18(27)9-10-23(21)28)12-22-25(31)19-7-2-3-8-20(19)26(22)32/h2-3,7-10,12-14,16H,4-6,11,15H2,1H3/t16-/m1/s1. The lowest BCUT2D eigenvalue weighted by molar-refractivity contribution is -0.135. The van der Waals surface area contributed by atoms with Crippen LogP contribution in [0, 0.1) is 0 Å². The molecule has 0 bridgehead atoms. The van der Waals surface area contributed by atoms with Crippen LogP contribution in [-0.4, -0.2) is 39.5 Å². The van der Waals surface area contributed by atoms with Gasteiger partial charge in [-0.1, -0.05) is 40.2 Å². The van der Waals surface area contributed by atoms with Crippen molar-refractivity contribution in [3.05, 3.63) is 75.4 Å². The number of carbonyl (C=O) groups excluding carboxylic acids is 3. The van der Waals surface area contributed by atoms with Crippen molar-refractivity contribution in [3.63, 3.8) is 0 Å². The van der Waals surface area contributed by atoms with E-state index in [-0.39, 0.29) is 35.6 Å². The number of Topliss-reactive ketones (excluding diaryl/α,β-unsaturated/α-hetero) is 2. The van der Waals surface area contributed by atoms with Crippen LogP contribution in [0.15, 0.2) is 58.7 Å². The Labute approximate surface area is 194 Å². The van der Waals surface area contributed by atoms with Gasteiger partial charge in [-0.15, -0.1) is 0 Å². The molecule has 1 saturated heterocycles. The van der Waals surface area contributed by atoms with Crippen LogP contribution in [0.25, 0.3) is 17.0 Å². The van der Waals surface area contributed by atoms with Gasteiger partial charge in [-0.05, 0) is 50.5 Å². The molecule has 5 rings (SSSR count). The van der Waals surface area contributed by atoms with Gasteiger partial charge in [-0.3, -0.25) is 14.4 Å². The van der Waals surface area contributed by atoms with Crippen LogP contribution < -0.4 is 0 Å². The van der Waals surface area contributed by atoms with Crippen molar-refractivity contribution >= 4 is 50.4 Å². The quantitative estimate of drug-likeness (QED) is 0.371. The Balaban J connectivity index is 1.54. The summed E-state index contributed by atoms with van der Waals surface area (Å²) in [6.45, 7) is 3.13. The van der Waals surface area contributed by atoms with Gasteiger partial charge in [-0.2, -0.15) is 0 Å². The van der Waals surface area contributed by atoms with Crippen LogP contribution in [0.3, 0.4) is 0 Å². The zero-order valence-electron chi connectivity index (χ0n) is 17.8. The number of halogens is 1. The van der Waals surface area contributed by atoms with Crippen LogP contribution in [0.5, 0.6) is 0 Å². The van der Waals surface area contributed by atoms with E-state index in [1.54, 1.807) is 30.3 Å². The van der Waals surface area contributed by atoms with E-state index < -0.39 is 0 Å². The normalized spacial score (nSPS) is 18.4. The molecular formula is C26H23BrN2O3. The molecule has 2 heterocycles. The Bertz CT molecular complexity index is 1270. The molecule has 3 aromatic rings. The van der Waals surface area contributed by atoms with Gasteiger partial charge < -0.3 is 9.47 Å². The molecule has 0 spiro atoms. The second-order valence-electron chi connectivity index (χ2n) is 8.57. The molecule has 1 fully saturated rings. The van der Waals surface area contributed by atoms with Crippen LogP contribution in [-0.2, 0) is 11.3 Å². The number of nitrogens with zero attached hydrogens (tertiary/aromatic N) is 2. The second kappa shape index (κ2) is 8.17. The van der Waals surface area contributed by atoms with Crippen LogP contribution in [0.4, 0.5) is 0 Å². The molecule has 1 amide bonds. The van der Waals surface area contributed by atoms with Gasteiger partial charge in [0, 0.05) is 50.8 Å². The van der Waals surface area contributed by atoms with Crippen LogP contribution >= 0.6 is 15.9 Å². The highest BCUT2D eigenvalue weighted by atomic mass is 79.9. The molecule has 0 saturated carbocycles. The fourth-order valence-corrected chi connectivity index (χ4v) is 5.17. The molecule has 6 heteroatoms. The van der Waals surface area contributed by atoms with Crippen LogP contribution in [0.1, 0.15) is 52.5 Å². The third-order valence-electron chi connectivity index (χ3n) is 6.51. The molecule has 1 atom stereocenters. The summed E-state index contributed by atoms with van der Waals surface area (Å²) in [6.07, 6.45) is 6.78. The summed E-state index contributed by atoms with van der Waals surface area (Å²) >= 11 is 3.52. The first-order chi connectivity index (χ1) is 15.4. The number of hydrogen-bond donors (Lipinski definition) is 0. The molecule has 162 valence electrons. The number of piperidine rings is 1. The maximum atomic E-state index is 13.1. The van der Waals surface area contributed by atoms with Crippen molar-refractivity contribution in [3.8, 4) is 0 Å². The van der Waals surface area contributed by atoms with E-state index in [1.165, 1.54) is 0 Å². The largest absolute Gasteiger partial charge is 0.338 e. The van der Waals surface area contributed by atoms with Crippen molar-refractivity contribution in [1.29, 1.82) is 0 Å².